The van der Waals surface area contributed by atoms with Gasteiger partial charge >= 0.3 is 6.18 Å². The molecule has 154 valence electrons. The monoisotopic (exact) mass is 405 g/mol. The van der Waals surface area contributed by atoms with Gasteiger partial charge in [-0.25, -0.2) is 4.99 Å². The zero-order chi connectivity index (χ0) is 21.3. The van der Waals surface area contributed by atoms with Gasteiger partial charge in [0, 0.05) is 11.6 Å². The molecule has 6 nitrogen and oxygen atoms in total. The summed E-state index contributed by atoms with van der Waals surface area (Å²) in [4.78, 5) is 14.8. The third kappa shape index (κ3) is 4.90. The number of aryl methyl sites for hydroxylation is 2. The highest BCUT2D eigenvalue weighted by Crippen LogP contribution is 2.31. The molecule has 0 aliphatic rings. The number of anilines is 1. The van der Waals surface area contributed by atoms with E-state index in [1.807, 2.05) is 45.9 Å². The van der Waals surface area contributed by atoms with Crippen molar-refractivity contribution in [3.8, 4) is 0 Å². The second-order valence-electron chi connectivity index (χ2n) is 7.31. The Hall–Kier alpha value is -2.97. The van der Waals surface area contributed by atoms with Crippen molar-refractivity contribution in [3.05, 3.63) is 40.9 Å². The lowest BCUT2D eigenvalue weighted by Crippen LogP contribution is -2.16. The topological polar surface area (TPSA) is 76.2 Å². The fraction of sp³-hybridized carbons (Fsp3) is 0.400. The Morgan fingerprint density at radius 3 is 2.45 bits per heavy atom. The van der Waals surface area contributed by atoms with E-state index in [1.54, 1.807) is 6.92 Å². The summed E-state index contributed by atoms with van der Waals surface area (Å²) < 4.78 is 45.4. The number of rotatable bonds is 5. The van der Waals surface area contributed by atoms with Crippen LogP contribution in [0.2, 0.25) is 0 Å². The summed E-state index contributed by atoms with van der Waals surface area (Å²) in [5.41, 5.74) is 2.85. The van der Waals surface area contributed by atoms with Crippen LogP contribution in [0, 0.1) is 19.8 Å². The van der Waals surface area contributed by atoms with Crippen molar-refractivity contribution in [2.24, 2.45) is 10.9 Å². The van der Waals surface area contributed by atoms with Gasteiger partial charge in [0.1, 0.15) is 11.3 Å². The van der Waals surface area contributed by atoms with E-state index in [9.17, 15) is 13.2 Å². The van der Waals surface area contributed by atoms with E-state index in [0.29, 0.717) is 5.76 Å². The quantitative estimate of drug-likeness (QED) is 0.544. The van der Waals surface area contributed by atoms with Crippen LogP contribution < -0.4 is 5.32 Å². The van der Waals surface area contributed by atoms with Crippen molar-refractivity contribution in [1.29, 1.82) is 0 Å². The second-order valence-corrected chi connectivity index (χ2v) is 7.31. The molecule has 3 aromatic rings. The molecule has 0 aliphatic heterocycles. The number of halogens is 3. The Morgan fingerprint density at radius 2 is 1.79 bits per heavy atom. The first-order chi connectivity index (χ1) is 13.5. The molecule has 29 heavy (non-hydrogen) atoms. The van der Waals surface area contributed by atoms with Gasteiger partial charge in [-0.1, -0.05) is 19.9 Å². The molecule has 0 aliphatic carbocycles. The maximum Gasteiger partial charge on any atom is 0.451 e. The van der Waals surface area contributed by atoms with E-state index in [2.05, 4.69) is 25.3 Å². The molecule has 1 atom stereocenters. The minimum absolute atomic E-state index is 0.0404. The first kappa shape index (κ1) is 20.8. The van der Waals surface area contributed by atoms with Crippen LogP contribution in [-0.2, 0) is 6.18 Å². The molecule has 2 aromatic heterocycles. The lowest BCUT2D eigenvalue weighted by Gasteiger charge is -2.13. The van der Waals surface area contributed by atoms with Crippen molar-refractivity contribution < 1.29 is 17.6 Å². The predicted molar refractivity (Wildman–Crippen MR) is 106 cm³/mol. The number of fused-ring (bicyclic) bond motifs is 1. The van der Waals surface area contributed by atoms with Crippen LogP contribution in [0.4, 0.5) is 25.1 Å². The minimum atomic E-state index is -4.71. The van der Waals surface area contributed by atoms with Crippen LogP contribution in [-0.4, -0.2) is 21.2 Å². The molecule has 1 N–H and O–H groups in total. The summed E-state index contributed by atoms with van der Waals surface area (Å²) in [6.07, 6.45) is -3.23. The number of furan rings is 1. The van der Waals surface area contributed by atoms with Crippen LogP contribution in [0.25, 0.3) is 11.0 Å². The van der Waals surface area contributed by atoms with Crippen LogP contribution in [0.3, 0.4) is 0 Å². The lowest BCUT2D eigenvalue weighted by molar-refractivity contribution is -0.144. The van der Waals surface area contributed by atoms with Crippen LogP contribution >= 0.6 is 0 Å². The van der Waals surface area contributed by atoms with Crippen molar-refractivity contribution in [2.45, 2.75) is 46.8 Å². The fourth-order valence-electron chi connectivity index (χ4n) is 2.82. The minimum Gasteiger partial charge on any atom is -0.459 e. The largest absolute Gasteiger partial charge is 0.459 e. The maximum absolute atomic E-state index is 13.2. The van der Waals surface area contributed by atoms with E-state index in [4.69, 9.17) is 4.42 Å². The van der Waals surface area contributed by atoms with Crippen molar-refractivity contribution in [3.63, 3.8) is 0 Å². The van der Waals surface area contributed by atoms with Crippen LogP contribution in [0.5, 0.6) is 0 Å². The first-order valence-corrected chi connectivity index (χ1v) is 9.17. The molecule has 3 rings (SSSR count). The van der Waals surface area contributed by atoms with Crippen molar-refractivity contribution in [1.82, 2.24) is 15.0 Å². The highest BCUT2D eigenvalue weighted by Gasteiger charge is 2.36. The molecule has 0 bridgehead atoms. The van der Waals surface area contributed by atoms with Gasteiger partial charge in [0.15, 0.2) is 0 Å². The molecule has 0 saturated heterocycles. The summed E-state index contributed by atoms with van der Waals surface area (Å²) >= 11 is 0. The smallest absolute Gasteiger partial charge is 0.451 e. The fourth-order valence-corrected chi connectivity index (χ4v) is 2.82. The number of nitrogens with zero attached hydrogens (tertiary/aromatic N) is 4. The molecule has 0 spiro atoms. The molecule has 0 saturated carbocycles. The van der Waals surface area contributed by atoms with Gasteiger partial charge in [0.2, 0.25) is 11.8 Å². The number of alkyl halides is 3. The summed E-state index contributed by atoms with van der Waals surface area (Å²) in [7, 11) is 0. The Bertz CT molecular complexity index is 1060. The van der Waals surface area contributed by atoms with Gasteiger partial charge in [0.05, 0.1) is 6.04 Å². The van der Waals surface area contributed by atoms with Gasteiger partial charge in [0.25, 0.3) is 5.95 Å². The number of aliphatic imine (C=N–C) groups is 1. The van der Waals surface area contributed by atoms with E-state index in [1.165, 1.54) is 6.21 Å². The molecule has 0 radical (unpaired) electrons. The van der Waals surface area contributed by atoms with E-state index in [-0.39, 0.29) is 17.8 Å². The summed E-state index contributed by atoms with van der Waals surface area (Å²) in [5, 5.41) is 3.82. The summed E-state index contributed by atoms with van der Waals surface area (Å²) in [5.74, 6) is -1.21. The summed E-state index contributed by atoms with van der Waals surface area (Å²) in [6.45, 7) is 9.41. The third-order valence-corrected chi connectivity index (χ3v) is 4.15. The Kier molecular flexibility index (Phi) is 5.59. The van der Waals surface area contributed by atoms with Crippen molar-refractivity contribution >= 4 is 29.1 Å². The van der Waals surface area contributed by atoms with Gasteiger partial charge in [-0.05, 0) is 49.9 Å². The van der Waals surface area contributed by atoms with Crippen molar-refractivity contribution in [2.75, 3.05) is 5.32 Å². The van der Waals surface area contributed by atoms with Gasteiger partial charge in [-0.3, -0.25) is 0 Å². The third-order valence-electron chi connectivity index (χ3n) is 4.15. The van der Waals surface area contributed by atoms with E-state index in [0.717, 1.165) is 22.1 Å². The van der Waals surface area contributed by atoms with Gasteiger partial charge in [-0.15, -0.1) is 0 Å². The molecular formula is C20H22F3N5O. The average Bonchev–Trinajstić information content (AvgIpc) is 3.03. The maximum atomic E-state index is 13.2. The molecule has 1 aromatic carbocycles. The normalized spacial score (nSPS) is 13.6. The zero-order valence-corrected chi connectivity index (χ0v) is 16.8. The molecule has 0 fully saturated rings. The zero-order valence-electron chi connectivity index (χ0n) is 16.8. The van der Waals surface area contributed by atoms with Crippen LogP contribution in [0.15, 0.2) is 27.6 Å². The Balaban J connectivity index is 1.94. The highest BCUT2D eigenvalue weighted by atomic mass is 19.4. The molecule has 9 heteroatoms. The molecular weight excluding hydrogens is 383 g/mol. The van der Waals surface area contributed by atoms with E-state index < -0.39 is 18.0 Å². The predicted octanol–water partition coefficient (Wildman–Crippen LogP) is 5.78. The number of hydrogen-bond acceptors (Lipinski definition) is 6. The molecule has 0 amide bonds. The summed E-state index contributed by atoms with van der Waals surface area (Å²) in [6, 6.07) is 5.36. The highest BCUT2D eigenvalue weighted by molar-refractivity contribution is 5.82. The Morgan fingerprint density at radius 1 is 1.07 bits per heavy atom. The van der Waals surface area contributed by atoms with Gasteiger partial charge < -0.3 is 9.73 Å². The lowest BCUT2D eigenvalue weighted by atomic mass is 10.1. The second kappa shape index (κ2) is 7.81. The SMILES string of the molecule is Cc1cc(C)c2cc(C(C)Nc3nc(N=CC(C)C)nc(C(F)(F)F)n3)oc2c1. The number of benzene rings is 1. The van der Waals surface area contributed by atoms with E-state index >= 15 is 0 Å². The molecule has 2 heterocycles. The number of aromatic nitrogens is 3. The number of hydrogen-bond donors (Lipinski definition) is 1. The number of nitrogens with one attached hydrogen (secondary N) is 1. The Labute approximate surface area is 166 Å². The molecule has 1 unspecified atom stereocenters. The van der Waals surface area contributed by atoms with Crippen LogP contribution in [0.1, 0.15) is 49.5 Å². The standard InChI is InChI=1S/C20H22F3N5O/c1-10(2)9-24-18-26-17(20(21,22)23)27-19(28-18)25-13(5)15-8-14-12(4)6-11(3)7-16(14)29-15/h6-10,13H,1-5H3,(H,25,26,27,28). The first-order valence-electron chi connectivity index (χ1n) is 9.17. The van der Waals surface area contributed by atoms with Gasteiger partial charge in [-0.2, -0.15) is 28.1 Å². The average molecular weight is 405 g/mol.